The minimum absolute atomic E-state index is 0. The largest absolute Gasteiger partial charge is 2.00 e. The normalized spacial score (nSPS) is 14.4. The topological polar surface area (TPSA) is 89.1 Å². The Morgan fingerprint density at radius 1 is 1.23 bits per heavy atom. The molecule has 0 spiro atoms. The number of nitrogens with two attached hydrogens (primary N) is 1. The summed E-state index contributed by atoms with van der Waals surface area (Å²) in [5.41, 5.74) is 7.83. The molecule has 7 nitrogen and oxygen atoms in total. The Labute approximate surface area is 243 Å². The molecule has 0 unspecified atom stereocenters. The second kappa shape index (κ2) is 14.0. The quantitative estimate of drug-likeness (QED) is 0.372. The van der Waals surface area contributed by atoms with Crippen LogP contribution in [0.5, 0.6) is 0 Å². The number of nitrogens with one attached hydrogen (secondary N) is 1. The van der Waals surface area contributed by atoms with Crippen molar-refractivity contribution < 1.29 is 13.6 Å². The van der Waals surface area contributed by atoms with Crippen LogP contribution in [0.25, 0.3) is 11.1 Å². The number of carbonyl (C=O) groups is 1. The molecule has 0 atom stereocenters. The van der Waals surface area contributed by atoms with Gasteiger partial charge in [0.25, 0.3) is 0 Å². The summed E-state index contributed by atoms with van der Waals surface area (Å²) < 4.78 is 29.5. The Bertz CT molecular complexity index is 1090. The summed E-state index contributed by atoms with van der Waals surface area (Å²) in [6, 6.07) is 9.91. The number of alkyl halides is 2. The van der Waals surface area contributed by atoms with Crippen LogP contribution in [-0.2, 0) is 7.05 Å². The van der Waals surface area contributed by atoms with Crippen molar-refractivity contribution in [1.29, 1.82) is 0 Å². The van der Waals surface area contributed by atoms with E-state index in [4.69, 9.17) is 0 Å². The third-order valence-corrected chi connectivity index (χ3v) is 5.54. The summed E-state index contributed by atoms with van der Waals surface area (Å²) in [7, 11) is 3.32. The maximum absolute atomic E-state index is 13.9. The molecule has 1 aliphatic heterocycles. The van der Waals surface area contributed by atoms with Crippen LogP contribution in [-0.4, -0.2) is 92.2 Å². The average molecular weight is 558 g/mol. The monoisotopic (exact) mass is 558 g/mol. The molecule has 35 heavy (non-hydrogen) atoms. The summed E-state index contributed by atoms with van der Waals surface area (Å²) in [6.07, 6.45) is 5.18. The van der Waals surface area contributed by atoms with Gasteiger partial charge in [0, 0.05) is 56.5 Å². The zero-order valence-electron chi connectivity index (χ0n) is 20.8. The molecule has 4 rings (SSSR count). The van der Waals surface area contributed by atoms with Crippen molar-refractivity contribution in [2.45, 2.75) is 32.1 Å². The summed E-state index contributed by atoms with van der Waals surface area (Å²) in [6.45, 7) is 2.42. The van der Waals surface area contributed by atoms with Crippen LogP contribution in [0.2, 0.25) is 0 Å². The molecule has 0 bridgehead atoms. The predicted molar refractivity (Wildman–Crippen MR) is 138 cm³/mol. The molecule has 0 saturated carbocycles. The van der Waals surface area contributed by atoms with Gasteiger partial charge in [-0.25, -0.2) is 13.8 Å². The Balaban J connectivity index is 0.00000149. The zero-order chi connectivity index (χ0) is 24.0. The second-order valence-electron chi connectivity index (χ2n) is 7.84. The third-order valence-electron chi connectivity index (χ3n) is 5.54. The van der Waals surface area contributed by atoms with E-state index < -0.39 is 5.92 Å². The zero-order valence-corrected chi connectivity index (χ0v) is 24.3. The molecule has 1 aromatic carbocycles. The molecule has 3 N–H and O–H groups in total. The van der Waals surface area contributed by atoms with E-state index >= 15 is 0 Å². The molecule has 3 heterocycles. The Morgan fingerprint density at radius 2 is 1.97 bits per heavy atom. The summed E-state index contributed by atoms with van der Waals surface area (Å²) in [5, 5.41) is 7.10. The van der Waals surface area contributed by atoms with Crippen molar-refractivity contribution in [2.24, 2.45) is 12.8 Å². The summed E-state index contributed by atoms with van der Waals surface area (Å²) >= 11 is 0. The smallest absolute Gasteiger partial charge is 0.375 e. The molecule has 3 aromatic rings. The van der Waals surface area contributed by atoms with Crippen LogP contribution in [0.1, 0.15) is 35.2 Å². The maximum atomic E-state index is 13.9. The Hall–Kier alpha value is -1.85. The Kier molecular flexibility index (Phi) is 12.5. The molecule has 1 aliphatic rings. The number of anilines is 2. The van der Waals surface area contributed by atoms with Crippen LogP contribution in [0.15, 0.2) is 42.9 Å². The van der Waals surface area contributed by atoms with Crippen LogP contribution in [0, 0.1) is 20.4 Å². The number of carbonyl (C=O) groups excluding carboxylic acids is 1. The SMILES string of the molecule is CN.Cc1c(-c2cnn(C)c2)cnc(N2CCCC(F)(F)CC2)c1C(=O)Nc1c[c-]ccc1.[CH3-].[Sr+2]. The van der Waals surface area contributed by atoms with Gasteiger partial charge in [0.05, 0.1) is 11.8 Å². The maximum Gasteiger partial charge on any atom is 2.00 e. The first-order chi connectivity index (χ1) is 15.8. The van der Waals surface area contributed by atoms with Crippen molar-refractivity contribution in [3.05, 3.63) is 67.5 Å². The van der Waals surface area contributed by atoms with Gasteiger partial charge in [0.15, 0.2) is 0 Å². The second-order valence-corrected chi connectivity index (χ2v) is 7.84. The predicted octanol–water partition coefficient (Wildman–Crippen LogP) is 4.11. The molecule has 1 saturated heterocycles. The van der Waals surface area contributed by atoms with Gasteiger partial charge in [0.1, 0.15) is 5.82 Å². The first kappa shape index (κ1) is 31.2. The van der Waals surface area contributed by atoms with E-state index in [0.717, 1.165) is 16.7 Å². The number of aromatic nitrogens is 3. The van der Waals surface area contributed by atoms with Crippen LogP contribution < -0.4 is 16.0 Å². The first-order valence-corrected chi connectivity index (χ1v) is 10.8. The molecule has 1 fully saturated rings. The van der Waals surface area contributed by atoms with Crippen molar-refractivity contribution in [2.75, 3.05) is 30.4 Å². The van der Waals surface area contributed by atoms with E-state index in [1.807, 2.05) is 20.2 Å². The van der Waals surface area contributed by atoms with Gasteiger partial charge >= 0.3 is 45.5 Å². The van der Waals surface area contributed by atoms with E-state index in [1.54, 1.807) is 46.2 Å². The number of amides is 1. The van der Waals surface area contributed by atoms with Gasteiger partial charge < -0.3 is 23.4 Å². The van der Waals surface area contributed by atoms with Gasteiger partial charge in [-0.05, 0) is 26.0 Å². The fourth-order valence-electron chi connectivity index (χ4n) is 3.89. The third kappa shape index (κ3) is 7.82. The number of nitrogens with zero attached hydrogens (tertiary/aromatic N) is 4. The standard InChI is InChI=1S/C23H24F2N5O.CH5N.CH3.Sr/c1-16-19(17-13-27-29(2)15-17)14-26-21(30-11-6-9-23(24,25)10-12-30)20(16)22(31)28-18-7-4-3-5-8-18;1-2;;/h3-4,7-8,13-15H,6,9-12H2,1-2H3,(H,28,31);2H2,1H3;1H3;/q-1;;-1;+2. The van der Waals surface area contributed by atoms with E-state index in [9.17, 15) is 13.6 Å². The fraction of sp³-hybridized carbons (Fsp3) is 0.360. The number of rotatable bonds is 4. The van der Waals surface area contributed by atoms with Gasteiger partial charge in [-0.2, -0.15) is 29.4 Å². The van der Waals surface area contributed by atoms with Crippen LogP contribution in [0.3, 0.4) is 0 Å². The molecule has 1 amide bonds. The van der Waals surface area contributed by atoms with E-state index in [1.165, 1.54) is 7.05 Å². The van der Waals surface area contributed by atoms with Gasteiger partial charge in [-0.3, -0.25) is 9.48 Å². The van der Waals surface area contributed by atoms with E-state index in [-0.39, 0.29) is 78.2 Å². The first-order valence-electron chi connectivity index (χ1n) is 10.8. The fourth-order valence-corrected chi connectivity index (χ4v) is 3.89. The number of hydrogen-bond acceptors (Lipinski definition) is 5. The number of aryl methyl sites for hydroxylation is 1. The van der Waals surface area contributed by atoms with E-state index in [2.05, 4.69) is 27.2 Å². The molecular weight excluding hydrogens is 526 g/mol. The number of hydrogen-bond donors (Lipinski definition) is 2. The Morgan fingerprint density at radius 3 is 2.60 bits per heavy atom. The number of benzene rings is 1. The number of halogens is 2. The molecule has 10 heteroatoms. The van der Waals surface area contributed by atoms with Crippen molar-refractivity contribution in [1.82, 2.24) is 14.8 Å². The van der Waals surface area contributed by atoms with Crippen molar-refractivity contribution in [3.8, 4) is 11.1 Å². The van der Waals surface area contributed by atoms with Gasteiger partial charge in [-0.15, -0.1) is 6.07 Å². The minimum atomic E-state index is -2.69. The van der Waals surface area contributed by atoms with Gasteiger partial charge in [0.2, 0.25) is 11.8 Å². The average Bonchev–Trinajstić information content (AvgIpc) is 3.14. The molecular formula is C25H32F2N6OSr. The van der Waals surface area contributed by atoms with Crippen LogP contribution >= 0.6 is 0 Å². The molecule has 184 valence electrons. The molecule has 0 aliphatic carbocycles. The van der Waals surface area contributed by atoms with Crippen molar-refractivity contribution in [3.63, 3.8) is 0 Å². The number of pyridine rings is 1. The van der Waals surface area contributed by atoms with Crippen molar-refractivity contribution >= 4 is 62.9 Å². The summed E-state index contributed by atoms with van der Waals surface area (Å²) in [4.78, 5) is 19.7. The molecule has 0 radical (unpaired) electrons. The van der Waals surface area contributed by atoms with Crippen LogP contribution in [0.4, 0.5) is 20.3 Å². The van der Waals surface area contributed by atoms with Gasteiger partial charge in [-0.1, -0.05) is 5.69 Å². The molecule has 2 aromatic heterocycles. The minimum Gasteiger partial charge on any atom is -0.375 e. The summed E-state index contributed by atoms with van der Waals surface area (Å²) in [5.74, 6) is -2.59. The van der Waals surface area contributed by atoms with E-state index in [0.29, 0.717) is 30.0 Å².